The van der Waals surface area contributed by atoms with E-state index in [4.69, 9.17) is 0 Å². The van der Waals surface area contributed by atoms with E-state index in [1.54, 1.807) is 19.1 Å². The number of aryl methyl sites for hydroxylation is 1. The molecule has 0 spiro atoms. The van der Waals surface area contributed by atoms with Crippen molar-refractivity contribution in [2.24, 2.45) is 0 Å². The van der Waals surface area contributed by atoms with Crippen LogP contribution in [0.4, 0.5) is 4.48 Å². The molecule has 0 aliphatic rings. The number of pyridine rings is 1. The van der Waals surface area contributed by atoms with Crippen LogP contribution in [0.1, 0.15) is 16.2 Å². The van der Waals surface area contributed by atoms with Gasteiger partial charge in [-0.25, -0.2) is 4.98 Å². The Hall–Kier alpha value is -1.45. The monoisotopic (exact) mass is 168 g/mol. The Morgan fingerprint density at radius 2 is 2.25 bits per heavy atom. The van der Waals surface area contributed by atoms with Gasteiger partial charge < -0.3 is 0 Å². The molecule has 1 amide bonds. The number of rotatable bonds is 1. The molecule has 1 rings (SSSR count). The molecule has 0 saturated heterocycles. The van der Waals surface area contributed by atoms with Gasteiger partial charge in [-0.3, -0.25) is 4.79 Å². The predicted octanol–water partition coefficient (Wildman–Crippen LogP) is 1.35. The van der Waals surface area contributed by atoms with Crippen molar-refractivity contribution in [2.45, 2.75) is 6.92 Å². The van der Waals surface area contributed by atoms with E-state index in [-0.39, 0.29) is 10.8 Å². The zero-order chi connectivity index (χ0) is 9.14. The lowest BCUT2D eigenvalue weighted by atomic mass is 10.3. The molecule has 0 saturated carbocycles. The van der Waals surface area contributed by atoms with Gasteiger partial charge in [0.05, 0.1) is 0 Å². The van der Waals surface area contributed by atoms with E-state index in [0.717, 1.165) is 7.05 Å². The summed E-state index contributed by atoms with van der Waals surface area (Å²) in [7, 11) is 1.05. The van der Waals surface area contributed by atoms with Crippen LogP contribution < -0.4 is 0 Å². The van der Waals surface area contributed by atoms with E-state index in [9.17, 15) is 9.28 Å². The Morgan fingerprint density at radius 1 is 1.58 bits per heavy atom. The van der Waals surface area contributed by atoms with Gasteiger partial charge in [-0.2, -0.15) is 5.12 Å². The summed E-state index contributed by atoms with van der Waals surface area (Å²) in [6.45, 7) is 1.75. The van der Waals surface area contributed by atoms with Crippen LogP contribution in [-0.2, 0) is 0 Å². The van der Waals surface area contributed by atoms with Gasteiger partial charge in [0.15, 0.2) is 0 Å². The van der Waals surface area contributed by atoms with E-state index >= 15 is 0 Å². The lowest BCUT2D eigenvalue weighted by Crippen LogP contribution is -2.18. The zero-order valence-electron chi connectivity index (χ0n) is 6.91. The molecule has 0 bridgehead atoms. The Balaban J connectivity index is 2.96. The third-order valence-electron chi connectivity index (χ3n) is 1.39. The van der Waals surface area contributed by atoms with E-state index in [1.165, 1.54) is 6.07 Å². The molecule has 0 radical (unpaired) electrons. The number of hydrogen-bond donors (Lipinski definition) is 0. The largest absolute Gasteiger partial charge is 0.299 e. The maximum atomic E-state index is 12.4. The maximum absolute atomic E-state index is 12.4. The van der Waals surface area contributed by atoms with E-state index in [2.05, 4.69) is 4.98 Å². The molecule has 3 nitrogen and oxygen atoms in total. The Labute approximate surface area is 69.8 Å². The van der Waals surface area contributed by atoms with E-state index in [0.29, 0.717) is 5.69 Å². The summed E-state index contributed by atoms with van der Waals surface area (Å²) in [4.78, 5) is 14.8. The number of hydrogen-bond acceptors (Lipinski definition) is 2. The fourth-order valence-electron chi connectivity index (χ4n) is 0.820. The first-order valence-electron chi connectivity index (χ1n) is 3.49. The predicted molar refractivity (Wildman–Crippen MR) is 42.2 cm³/mol. The van der Waals surface area contributed by atoms with Gasteiger partial charge in [-0.05, 0) is 19.1 Å². The van der Waals surface area contributed by atoms with Gasteiger partial charge in [0, 0.05) is 12.7 Å². The van der Waals surface area contributed by atoms with Crippen LogP contribution >= 0.6 is 0 Å². The van der Waals surface area contributed by atoms with Crippen LogP contribution in [0.25, 0.3) is 0 Å². The summed E-state index contributed by atoms with van der Waals surface area (Å²) >= 11 is 0. The molecule has 64 valence electrons. The lowest BCUT2D eigenvalue weighted by Gasteiger charge is -2.04. The van der Waals surface area contributed by atoms with Gasteiger partial charge in [-0.1, -0.05) is 10.5 Å². The van der Waals surface area contributed by atoms with Crippen molar-refractivity contribution in [3.05, 3.63) is 29.6 Å². The van der Waals surface area contributed by atoms with Crippen molar-refractivity contribution in [2.75, 3.05) is 7.05 Å². The first kappa shape index (κ1) is 8.64. The standard InChI is InChI=1S/C8H9FN2O/c1-6-4-3-5-7(10-6)8(12)11(2)9/h3-5H,1-2H3. The highest BCUT2D eigenvalue weighted by Gasteiger charge is 2.11. The second-order valence-electron chi connectivity index (χ2n) is 2.45. The molecule has 0 aromatic carbocycles. The number of amides is 1. The topological polar surface area (TPSA) is 33.2 Å². The minimum absolute atomic E-state index is 0.0156. The molecule has 0 N–H and O–H groups in total. The minimum Gasteiger partial charge on any atom is -0.265 e. The summed E-state index contributed by atoms with van der Waals surface area (Å²) in [6.07, 6.45) is 0. The molecule has 0 aliphatic carbocycles. The van der Waals surface area contributed by atoms with Crippen LogP contribution in [0.3, 0.4) is 0 Å². The summed E-state index contributed by atoms with van der Waals surface area (Å²) in [6, 6.07) is 4.89. The van der Waals surface area contributed by atoms with Crippen molar-refractivity contribution in [3.8, 4) is 0 Å². The molecule has 0 atom stereocenters. The van der Waals surface area contributed by atoms with Gasteiger partial charge in [0.25, 0.3) is 5.91 Å². The highest BCUT2D eigenvalue weighted by atomic mass is 19.2. The SMILES string of the molecule is Cc1cccc(C(=O)N(C)F)n1. The van der Waals surface area contributed by atoms with Gasteiger partial charge in [0.2, 0.25) is 0 Å². The molecule has 1 aromatic rings. The Morgan fingerprint density at radius 3 is 2.75 bits per heavy atom. The summed E-state index contributed by atoms with van der Waals surface area (Å²) in [5.74, 6) is -0.723. The fourth-order valence-corrected chi connectivity index (χ4v) is 0.820. The van der Waals surface area contributed by atoms with Crippen LogP contribution in [0.15, 0.2) is 18.2 Å². The van der Waals surface area contributed by atoms with Crippen molar-refractivity contribution in [1.82, 2.24) is 10.1 Å². The normalized spacial score (nSPS) is 9.58. The molecule has 4 heteroatoms. The van der Waals surface area contributed by atoms with Crippen LogP contribution in [0.5, 0.6) is 0 Å². The quantitative estimate of drug-likeness (QED) is 0.593. The number of carbonyl (C=O) groups excluding carboxylic acids is 1. The smallest absolute Gasteiger partial charge is 0.265 e. The molecular weight excluding hydrogens is 159 g/mol. The van der Waals surface area contributed by atoms with E-state index < -0.39 is 5.91 Å². The number of carbonyl (C=O) groups is 1. The van der Waals surface area contributed by atoms with E-state index in [1.807, 2.05) is 0 Å². The zero-order valence-corrected chi connectivity index (χ0v) is 6.91. The Bertz CT molecular complexity index is 299. The number of halogens is 1. The Kier molecular flexibility index (Phi) is 2.38. The molecule has 0 unspecified atom stereocenters. The molecule has 12 heavy (non-hydrogen) atoms. The third-order valence-corrected chi connectivity index (χ3v) is 1.39. The fraction of sp³-hybridized carbons (Fsp3) is 0.250. The summed E-state index contributed by atoms with van der Waals surface area (Å²) in [5, 5.41) is 0.0156. The molecule has 1 aromatic heterocycles. The highest BCUT2D eigenvalue weighted by molar-refractivity contribution is 5.91. The summed E-state index contributed by atoms with van der Waals surface area (Å²) < 4.78 is 12.4. The third kappa shape index (κ3) is 1.78. The first-order chi connectivity index (χ1) is 5.61. The molecule has 0 aliphatic heterocycles. The lowest BCUT2D eigenvalue weighted by molar-refractivity contribution is 0.0336. The van der Waals surface area contributed by atoms with Crippen LogP contribution in [0.2, 0.25) is 0 Å². The van der Waals surface area contributed by atoms with Gasteiger partial charge >= 0.3 is 0 Å². The molecule has 0 fully saturated rings. The summed E-state index contributed by atoms with van der Waals surface area (Å²) in [5.41, 5.74) is 0.822. The van der Waals surface area contributed by atoms with Crippen molar-refractivity contribution in [1.29, 1.82) is 0 Å². The number of nitrogens with zero attached hydrogens (tertiary/aromatic N) is 2. The van der Waals surface area contributed by atoms with Crippen molar-refractivity contribution < 1.29 is 9.28 Å². The first-order valence-corrected chi connectivity index (χ1v) is 3.49. The van der Waals surface area contributed by atoms with Crippen LogP contribution in [-0.4, -0.2) is 23.1 Å². The molecular formula is C8H9FN2O. The number of aromatic nitrogens is 1. The second kappa shape index (κ2) is 3.30. The van der Waals surface area contributed by atoms with Crippen molar-refractivity contribution >= 4 is 5.91 Å². The molecule has 1 heterocycles. The van der Waals surface area contributed by atoms with Gasteiger partial charge in [0.1, 0.15) is 5.69 Å². The van der Waals surface area contributed by atoms with Gasteiger partial charge in [-0.15, -0.1) is 0 Å². The average Bonchev–Trinajstić information content (AvgIpc) is 2.03. The maximum Gasteiger partial charge on any atom is 0.299 e. The average molecular weight is 168 g/mol. The second-order valence-corrected chi connectivity index (χ2v) is 2.45. The van der Waals surface area contributed by atoms with Crippen molar-refractivity contribution in [3.63, 3.8) is 0 Å². The van der Waals surface area contributed by atoms with Crippen LogP contribution in [0, 0.1) is 6.92 Å². The highest BCUT2D eigenvalue weighted by Crippen LogP contribution is 2.01. The minimum atomic E-state index is -0.723.